The summed E-state index contributed by atoms with van der Waals surface area (Å²) in [6, 6.07) is 10.1. The van der Waals surface area contributed by atoms with Crippen molar-refractivity contribution in [3.63, 3.8) is 0 Å². The molecule has 0 spiro atoms. The lowest BCUT2D eigenvalue weighted by molar-refractivity contribution is -0.0300. The molecule has 35 heavy (non-hydrogen) atoms. The van der Waals surface area contributed by atoms with Crippen molar-refractivity contribution in [2.75, 3.05) is 13.1 Å². The minimum Gasteiger partial charge on any atom is -0.388 e. The molecule has 1 aliphatic rings. The number of imidazole rings is 1. The summed E-state index contributed by atoms with van der Waals surface area (Å²) in [6.07, 6.45) is 3.25. The molecule has 0 atom stereocenters. The average Bonchev–Trinajstić information content (AvgIpc) is 3.28. The van der Waals surface area contributed by atoms with Gasteiger partial charge in [0.15, 0.2) is 11.3 Å². The Morgan fingerprint density at radius 1 is 1.11 bits per heavy atom. The van der Waals surface area contributed by atoms with Gasteiger partial charge in [-0.2, -0.15) is 5.10 Å². The summed E-state index contributed by atoms with van der Waals surface area (Å²) in [4.78, 5) is 31.6. The fraction of sp³-hybridized carbons (Fsp3) is 0.280. The number of halogens is 2. The fourth-order valence-electron chi connectivity index (χ4n) is 4.34. The first-order valence-electron chi connectivity index (χ1n) is 11.2. The number of hydrogen-bond donors (Lipinski definition) is 1. The third-order valence-corrected chi connectivity index (χ3v) is 6.49. The lowest BCUT2D eigenvalue weighted by Gasteiger charge is -2.38. The molecule has 1 aliphatic heterocycles. The van der Waals surface area contributed by atoms with E-state index in [2.05, 4.69) is 10.1 Å². The Bertz CT molecular complexity index is 1470. The zero-order valence-electron chi connectivity index (χ0n) is 19.0. The number of rotatable bonds is 4. The molecule has 180 valence electrons. The summed E-state index contributed by atoms with van der Waals surface area (Å²) in [5.74, 6) is -0.702. The lowest BCUT2D eigenvalue weighted by atomic mass is 9.91. The number of aryl methyl sites for hydroxylation is 1. The summed E-state index contributed by atoms with van der Waals surface area (Å²) < 4.78 is 29.8. The van der Waals surface area contributed by atoms with E-state index in [0.29, 0.717) is 17.0 Å². The van der Waals surface area contributed by atoms with E-state index >= 15 is 0 Å². The second kappa shape index (κ2) is 8.70. The quantitative estimate of drug-likeness (QED) is 0.486. The Balaban J connectivity index is 1.31. The van der Waals surface area contributed by atoms with Crippen molar-refractivity contribution in [1.82, 2.24) is 24.1 Å². The molecule has 1 amide bonds. The number of nitrogens with zero attached hydrogens (tertiary/aromatic N) is 5. The summed E-state index contributed by atoms with van der Waals surface area (Å²) in [5, 5.41) is 15.4. The molecule has 2 aromatic carbocycles. The molecule has 0 unspecified atom stereocenters. The predicted octanol–water partition coefficient (Wildman–Crippen LogP) is 2.81. The molecule has 2 aromatic heterocycles. The molecule has 3 heterocycles. The minimum absolute atomic E-state index is 0.00753. The number of hydrogen-bond acceptors (Lipinski definition) is 5. The first kappa shape index (κ1) is 22.9. The van der Waals surface area contributed by atoms with Crippen LogP contribution in [-0.4, -0.2) is 53.8 Å². The number of fused-ring (bicyclic) bond motifs is 1. The van der Waals surface area contributed by atoms with Crippen molar-refractivity contribution < 1.29 is 18.7 Å². The molecule has 1 saturated heterocycles. The maximum absolute atomic E-state index is 13.9. The van der Waals surface area contributed by atoms with Crippen LogP contribution in [0, 0.1) is 18.6 Å². The number of piperidine rings is 1. The summed E-state index contributed by atoms with van der Waals surface area (Å²) in [5.41, 5.74) is -0.0120. The highest BCUT2D eigenvalue weighted by Crippen LogP contribution is 2.25. The van der Waals surface area contributed by atoms with E-state index in [9.17, 15) is 23.5 Å². The molecule has 8 nitrogen and oxygen atoms in total. The molecule has 1 fully saturated rings. The highest BCUT2D eigenvalue weighted by Gasteiger charge is 2.35. The van der Waals surface area contributed by atoms with E-state index in [1.165, 1.54) is 39.8 Å². The molecular weight excluding hydrogens is 456 g/mol. The molecule has 0 bridgehead atoms. The third-order valence-electron chi connectivity index (χ3n) is 6.49. The van der Waals surface area contributed by atoms with Crippen LogP contribution in [0.15, 0.2) is 59.8 Å². The summed E-state index contributed by atoms with van der Waals surface area (Å²) >= 11 is 0. The number of benzene rings is 2. The summed E-state index contributed by atoms with van der Waals surface area (Å²) in [6.45, 7) is 2.19. The van der Waals surface area contributed by atoms with E-state index in [1.807, 2.05) is 0 Å². The van der Waals surface area contributed by atoms with Gasteiger partial charge in [0.05, 0.1) is 18.3 Å². The van der Waals surface area contributed by atoms with Crippen LogP contribution in [0.1, 0.15) is 28.8 Å². The Labute approximate surface area is 199 Å². The number of carbonyl (C=O) groups is 1. The topological polar surface area (TPSA) is 92.7 Å². The van der Waals surface area contributed by atoms with Gasteiger partial charge in [-0.1, -0.05) is 6.07 Å². The Morgan fingerprint density at radius 3 is 2.51 bits per heavy atom. The molecule has 0 radical (unpaired) electrons. The third kappa shape index (κ3) is 4.32. The fourth-order valence-corrected chi connectivity index (χ4v) is 4.34. The molecule has 0 aliphatic carbocycles. The van der Waals surface area contributed by atoms with Gasteiger partial charge in [-0.25, -0.2) is 18.3 Å². The molecule has 5 rings (SSSR count). The van der Waals surface area contributed by atoms with Crippen LogP contribution in [0.4, 0.5) is 8.78 Å². The molecule has 0 saturated carbocycles. The molecule has 4 aromatic rings. The highest BCUT2D eigenvalue weighted by molar-refractivity contribution is 5.94. The Hall–Kier alpha value is -3.92. The van der Waals surface area contributed by atoms with Gasteiger partial charge >= 0.3 is 0 Å². The van der Waals surface area contributed by atoms with Gasteiger partial charge in [0.25, 0.3) is 11.5 Å². The monoisotopic (exact) mass is 479 g/mol. The Morgan fingerprint density at radius 2 is 1.83 bits per heavy atom. The van der Waals surface area contributed by atoms with Crippen LogP contribution >= 0.6 is 0 Å². The number of aliphatic hydroxyl groups is 1. The number of amides is 1. The maximum atomic E-state index is 13.9. The Kier molecular flexibility index (Phi) is 5.68. The smallest absolute Gasteiger partial charge is 0.279 e. The standard InChI is InChI=1S/C25H23F2N5O3/c1-16-2-3-18(12-20(16)27)23(33)30-10-8-25(35,9-11-30)14-31-15-29-32-21(24(31)34)13-28-22(32)17-4-6-19(26)7-5-17/h2-7,12-13,15,35H,8-11,14H2,1H3. The van der Waals surface area contributed by atoms with Crippen molar-refractivity contribution in [2.24, 2.45) is 0 Å². The van der Waals surface area contributed by atoms with Crippen molar-refractivity contribution in [2.45, 2.75) is 31.9 Å². The SMILES string of the molecule is Cc1ccc(C(=O)N2CCC(O)(Cn3cnn4c(-c5ccc(F)cc5)ncc4c3=O)CC2)cc1F. The normalized spacial score (nSPS) is 15.5. The maximum Gasteiger partial charge on any atom is 0.279 e. The predicted molar refractivity (Wildman–Crippen MR) is 124 cm³/mol. The van der Waals surface area contributed by atoms with E-state index < -0.39 is 11.4 Å². The van der Waals surface area contributed by atoms with Crippen LogP contribution in [0.5, 0.6) is 0 Å². The van der Waals surface area contributed by atoms with Crippen molar-refractivity contribution in [1.29, 1.82) is 0 Å². The van der Waals surface area contributed by atoms with Gasteiger partial charge in [-0.05, 0) is 61.7 Å². The van der Waals surface area contributed by atoms with E-state index in [0.717, 1.165) is 0 Å². The second-order valence-corrected chi connectivity index (χ2v) is 8.93. The van der Waals surface area contributed by atoms with Gasteiger partial charge < -0.3 is 10.0 Å². The van der Waals surface area contributed by atoms with Gasteiger partial charge in [-0.3, -0.25) is 14.2 Å². The van der Waals surface area contributed by atoms with Gasteiger partial charge in [0.2, 0.25) is 0 Å². The number of carbonyl (C=O) groups excluding carboxylic acids is 1. The van der Waals surface area contributed by atoms with E-state index in [1.54, 1.807) is 36.1 Å². The first-order chi connectivity index (χ1) is 16.7. The highest BCUT2D eigenvalue weighted by atomic mass is 19.1. The van der Waals surface area contributed by atoms with Gasteiger partial charge in [-0.15, -0.1) is 0 Å². The average molecular weight is 479 g/mol. The van der Waals surface area contributed by atoms with Gasteiger partial charge in [0, 0.05) is 24.2 Å². The lowest BCUT2D eigenvalue weighted by Crippen LogP contribution is -2.49. The first-order valence-corrected chi connectivity index (χ1v) is 11.2. The van der Waals surface area contributed by atoms with Crippen LogP contribution < -0.4 is 5.56 Å². The summed E-state index contributed by atoms with van der Waals surface area (Å²) in [7, 11) is 0. The second-order valence-electron chi connectivity index (χ2n) is 8.93. The van der Waals surface area contributed by atoms with E-state index in [4.69, 9.17) is 0 Å². The number of aromatic nitrogens is 4. The largest absolute Gasteiger partial charge is 0.388 e. The number of likely N-dealkylation sites (tertiary alicyclic amines) is 1. The van der Waals surface area contributed by atoms with Crippen molar-refractivity contribution in [3.05, 3.63) is 88.1 Å². The van der Waals surface area contributed by atoms with Gasteiger partial charge in [0.1, 0.15) is 18.0 Å². The van der Waals surface area contributed by atoms with E-state index in [-0.39, 0.29) is 60.8 Å². The van der Waals surface area contributed by atoms with Crippen molar-refractivity contribution in [3.8, 4) is 11.4 Å². The zero-order valence-corrected chi connectivity index (χ0v) is 19.0. The van der Waals surface area contributed by atoms with Crippen LogP contribution in [0.3, 0.4) is 0 Å². The molecular formula is C25H23F2N5O3. The zero-order chi connectivity index (χ0) is 24.7. The van der Waals surface area contributed by atoms with Crippen LogP contribution in [0.2, 0.25) is 0 Å². The molecule has 1 N–H and O–H groups in total. The van der Waals surface area contributed by atoms with Crippen LogP contribution in [0.25, 0.3) is 16.9 Å². The molecule has 10 heteroatoms. The minimum atomic E-state index is -1.21. The van der Waals surface area contributed by atoms with Crippen molar-refractivity contribution >= 4 is 11.4 Å². The van der Waals surface area contributed by atoms with Crippen LogP contribution in [-0.2, 0) is 6.54 Å².